The average Bonchev–Trinajstić information content (AvgIpc) is 2.35. The smallest absolute Gasteiger partial charge is 0.0214 e. The first kappa shape index (κ1) is 15.8. The Labute approximate surface area is 121 Å². The van der Waals surface area contributed by atoms with Crippen LogP contribution >= 0.6 is 15.9 Å². The number of hydrogen-bond donors (Lipinski definition) is 0. The van der Waals surface area contributed by atoms with Gasteiger partial charge in [0.25, 0.3) is 0 Å². The van der Waals surface area contributed by atoms with Crippen molar-refractivity contribution in [3.8, 4) is 0 Å². The molecular weight excluding hydrogens is 284 g/mol. The first-order valence-electron chi connectivity index (χ1n) is 7.28. The second kappa shape index (κ2) is 7.99. The Balaban J connectivity index is 2.61. The zero-order valence-corrected chi connectivity index (χ0v) is 13.9. The second-order valence-corrected chi connectivity index (χ2v) is 6.63. The van der Waals surface area contributed by atoms with Gasteiger partial charge in [0.2, 0.25) is 0 Å². The van der Waals surface area contributed by atoms with Crippen LogP contribution in [0.5, 0.6) is 0 Å². The quantitative estimate of drug-likeness (QED) is 0.556. The van der Waals surface area contributed by atoms with Crippen LogP contribution in [-0.4, -0.2) is 4.83 Å². The highest BCUT2D eigenvalue weighted by Crippen LogP contribution is 2.26. The van der Waals surface area contributed by atoms with Gasteiger partial charge in [0.15, 0.2) is 0 Å². The van der Waals surface area contributed by atoms with Crippen LogP contribution < -0.4 is 0 Å². The van der Waals surface area contributed by atoms with Crippen LogP contribution in [0.1, 0.15) is 56.2 Å². The fraction of sp³-hybridized carbons (Fsp3) is 0.647. The van der Waals surface area contributed by atoms with E-state index in [1.807, 2.05) is 0 Å². The van der Waals surface area contributed by atoms with E-state index in [2.05, 4.69) is 61.8 Å². The number of aryl methyl sites for hydroxylation is 2. The van der Waals surface area contributed by atoms with Crippen molar-refractivity contribution in [2.75, 3.05) is 0 Å². The molecule has 0 saturated carbocycles. The molecule has 2 atom stereocenters. The topological polar surface area (TPSA) is 0 Å². The number of halogens is 1. The summed E-state index contributed by atoms with van der Waals surface area (Å²) < 4.78 is 0. The van der Waals surface area contributed by atoms with Crippen LogP contribution in [-0.2, 0) is 6.42 Å². The van der Waals surface area contributed by atoms with Crippen LogP contribution in [0.2, 0.25) is 0 Å². The van der Waals surface area contributed by atoms with Gasteiger partial charge in [0.05, 0.1) is 0 Å². The van der Waals surface area contributed by atoms with E-state index >= 15 is 0 Å². The van der Waals surface area contributed by atoms with Gasteiger partial charge in [0, 0.05) is 4.83 Å². The number of benzene rings is 1. The van der Waals surface area contributed by atoms with E-state index in [9.17, 15) is 0 Å². The molecule has 0 radical (unpaired) electrons. The predicted molar refractivity (Wildman–Crippen MR) is 85.6 cm³/mol. The Morgan fingerprint density at radius 1 is 1.11 bits per heavy atom. The van der Waals surface area contributed by atoms with E-state index in [-0.39, 0.29) is 0 Å². The largest absolute Gasteiger partial charge is 0.0884 e. The van der Waals surface area contributed by atoms with E-state index in [0.29, 0.717) is 4.83 Å². The molecule has 2 unspecified atom stereocenters. The first-order valence-corrected chi connectivity index (χ1v) is 8.20. The highest BCUT2D eigenvalue weighted by Gasteiger charge is 2.17. The maximum absolute atomic E-state index is 3.91. The maximum atomic E-state index is 3.91. The minimum absolute atomic E-state index is 0.621. The third-order valence-electron chi connectivity index (χ3n) is 3.97. The molecule has 0 aromatic heterocycles. The fourth-order valence-electron chi connectivity index (χ4n) is 2.43. The van der Waals surface area contributed by atoms with Gasteiger partial charge in [-0.25, -0.2) is 0 Å². The van der Waals surface area contributed by atoms with Gasteiger partial charge in [-0.1, -0.05) is 67.2 Å². The molecular formula is C17H27Br. The molecule has 1 aromatic rings. The SMILES string of the molecule is CCCCC(CC)C(Br)Cc1ccc(C)c(C)c1. The predicted octanol–water partition coefficient (Wildman–Crippen LogP) is 5.83. The normalized spacial score (nSPS) is 14.5. The molecule has 1 heteroatoms. The number of rotatable bonds is 7. The van der Waals surface area contributed by atoms with E-state index in [1.54, 1.807) is 0 Å². The van der Waals surface area contributed by atoms with Crippen molar-refractivity contribution in [3.05, 3.63) is 34.9 Å². The van der Waals surface area contributed by atoms with Gasteiger partial charge in [-0.2, -0.15) is 0 Å². The minimum atomic E-state index is 0.621. The van der Waals surface area contributed by atoms with Gasteiger partial charge >= 0.3 is 0 Å². The standard InChI is InChI=1S/C17H27Br/c1-5-7-8-16(6-2)17(18)12-15-10-9-13(3)14(4)11-15/h9-11,16-17H,5-8,12H2,1-4H3. The van der Waals surface area contributed by atoms with Gasteiger partial charge in [-0.3, -0.25) is 0 Å². The molecule has 0 heterocycles. The van der Waals surface area contributed by atoms with E-state index in [0.717, 1.165) is 12.3 Å². The Bertz CT molecular complexity index is 357. The molecule has 0 saturated heterocycles. The lowest BCUT2D eigenvalue weighted by Crippen LogP contribution is -2.16. The van der Waals surface area contributed by atoms with Crippen LogP contribution in [0.15, 0.2) is 18.2 Å². The zero-order valence-electron chi connectivity index (χ0n) is 12.3. The molecule has 18 heavy (non-hydrogen) atoms. The van der Waals surface area contributed by atoms with Crippen molar-refractivity contribution in [1.29, 1.82) is 0 Å². The summed E-state index contributed by atoms with van der Waals surface area (Å²) in [5.41, 5.74) is 4.27. The van der Waals surface area contributed by atoms with Crippen LogP contribution in [0.4, 0.5) is 0 Å². The van der Waals surface area contributed by atoms with Crippen molar-refractivity contribution in [3.63, 3.8) is 0 Å². The van der Waals surface area contributed by atoms with Gasteiger partial charge < -0.3 is 0 Å². The van der Waals surface area contributed by atoms with E-state index in [4.69, 9.17) is 0 Å². The maximum Gasteiger partial charge on any atom is 0.0214 e. The Kier molecular flexibility index (Phi) is 6.99. The molecule has 1 aromatic carbocycles. The minimum Gasteiger partial charge on any atom is -0.0884 e. The Morgan fingerprint density at radius 2 is 1.83 bits per heavy atom. The van der Waals surface area contributed by atoms with Gasteiger partial charge in [-0.15, -0.1) is 0 Å². The summed E-state index contributed by atoms with van der Waals surface area (Å²) >= 11 is 3.91. The second-order valence-electron chi connectivity index (χ2n) is 5.45. The number of unbranched alkanes of at least 4 members (excludes halogenated alkanes) is 1. The molecule has 0 aliphatic rings. The molecule has 0 aliphatic carbocycles. The lowest BCUT2D eigenvalue weighted by molar-refractivity contribution is 0.437. The number of hydrogen-bond acceptors (Lipinski definition) is 0. The summed E-state index contributed by atoms with van der Waals surface area (Å²) in [5, 5.41) is 0. The lowest BCUT2D eigenvalue weighted by atomic mass is 9.91. The molecule has 0 amide bonds. The van der Waals surface area contributed by atoms with Gasteiger partial charge in [0.1, 0.15) is 0 Å². The molecule has 0 N–H and O–H groups in total. The summed E-state index contributed by atoms with van der Waals surface area (Å²) in [6, 6.07) is 6.87. The van der Waals surface area contributed by atoms with Crippen molar-refractivity contribution in [2.45, 2.75) is 64.6 Å². The average molecular weight is 311 g/mol. The third kappa shape index (κ3) is 4.76. The molecule has 0 aliphatic heterocycles. The Morgan fingerprint density at radius 3 is 2.39 bits per heavy atom. The Hall–Kier alpha value is -0.300. The first-order chi connectivity index (χ1) is 8.58. The van der Waals surface area contributed by atoms with E-state index < -0.39 is 0 Å². The zero-order chi connectivity index (χ0) is 13.5. The summed E-state index contributed by atoms with van der Waals surface area (Å²) in [6.45, 7) is 8.98. The van der Waals surface area contributed by atoms with Crippen LogP contribution in [0.3, 0.4) is 0 Å². The van der Waals surface area contributed by atoms with Crippen LogP contribution in [0, 0.1) is 19.8 Å². The molecule has 0 fully saturated rings. The van der Waals surface area contributed by atoms with Crippen molar-refractivity contribution >= 4 is 15.9 Å². The lowest BCUT2D eigenvalue weighted by Gasteiger charge is -2.21. The highest BCUT2D eigenvalue weighted by atomic mass is 79.9. The summed E-state index contributed by atoms with van der Waals surface area (Å²) in [5.74, 6) is 0.812. The highest BCUT2D eigenvalue weighted by molar-refractivity contribution is 9.09. The molecule has 102 valence electrons. The molecule has 0 bridgehead atoms. The summed E-state index contributed by atoms with van der Waals surface area (Å²) in [4.78, 5) is 0.621. The van der Waals surface area contributed by atoms with Crippen molar-refractivity contribution in [2.24, 2.45) is 5.92 Å². The summed E-state index contributed by atoms with van der Waals surface area (Å²) in [7, 11) is 0. The van der Waals surface area contributed by atoms with Gasteiger partial charge in [-0.05, 0) is 49.3 Å². The van der Waals surface area contributed by atoms with Crippen molar-refractivity contribution in [1.82, 2.24) is 0 Å². The monoisotopic (exact) mass is 310 g/mol. The number of alkyl halides is 1. The molecule has 1 rings (SSSR count). The van der Waals surface area contributed by atoms with Crippen LogP contribution in [0.25, 0.3) is 0 Å². The third-order valence-corrected chi connectivity index (χ3v) is 5.04. The van der Waals surface area contributed by atoms with E-state index in [1.165, 1.54) is 42.4 Å². The molecule has 0 nitrogen and oxygen atoms in total. The summed E-state index contributed by atoms with van der Waals surface area (Å²) in [6.07, 6.45) is 6.45. The van der Waals surface area contributed by atoms with Crippen molar-refractivity contribution < 1.29 is 0 Å². The molecule has 0 spiro atoms. The fourth-order valence-corrected chi connectivity index (χ4v) is 3.44.